The van der Waals surface area contributed by atoms with Crippen molar-refractivity contribution >= 4 is 44.8 Å². The van der Waals surface area contributed by atoms with E-state index in [0.717, 1.165) is 0 Å². The molecule has 3 N–H and O–H groups in total. The van der Waals surface area contributed by atoms with Crippen molar-refractivity contribution in [1.82, 2.24) is 4.98 Å². The van der Waals surface area contributed by atoms with Gasteiger partial charge in [-0.05, 0) is 17.7 Å². The number of rotatable bonds is 1. The molecule has 0 aliphatic carbocycles. The van der Waals surface area contributed by atoms with E-state index < -0.39 is 11.3 Å². The van der Waals surface area contributed by atoms with Crippen molar-refractivity contribution < 1.29 is 10.2 Å². The monoisotopic (exact) mass is 352 g/mol. The molecule has 1 aromatic carbocycles. The van der Waals surface area contributed by atoms with Gasteiger partial charge in [-0.15, -0.1) is 11.3 Å². The third-order valence-corrected chi connectivity index (χ3v) is 4.63. The van der Waals surface area contributed by atoms with Gasteiger partial charge in [0.25, 0.3) is 5.56 Å². The lowest BCUT2D eigenvalue weighted by molar-refractivity contribution is 0.476. The minimum atomic E-state index is -0.650. The van der Waals surface area contributed by atoms with Crippen LogP contribution in [0.25, 0.3) is 21.3 Å². The smallest absolute Gasteiger partial charge is 0.270 e. The number of phenolic OH excluding ortho intramolecular Hbond substituents is 1. The number of phenols is 1. The third-order valence-electron chi connectivity index (χ3n) is 3.16. The quantitative estimate of drug-likeness (QED) is 0.619. The highest BCUT2D eigenvalue weighted by Gasteiger charge is 2.18. The van der Waals surface area contributed by atoms with Crippen molar-refractivity contribution in [3.05, 3.63) is 43.5 Å². The fourth-order valence-corrected chi connectivity index (χ4v) is 3.57. The van der Waals surface area contributed by atoms with Gasteiger partial charge in [-0.25, -0.2) is 0 Å². The number of H-pyrrole nitrogens is 1. The Morgan fingerprint density at radius 2 is 1.82 bits per heavy atom. The van der Waals surface area contributed by atoms with Crippen LogP contribution >= 0.6 is 34.5 Å². The van der Waals surface area contributed by atoms with Gasteiger partial charge in [-0.1, -0.05) is 23.2 Å². The zero-order valence-corrected chi connectivity index (χ0v) is 13.0. The fourth-order valence-electron chi connectivity index (χ4n) is 2.12. The predicted octanol–water partition coefficient (Wildman–Crippen LogP) is 3.85. The average molecular weight is 353 g/mol. The number of nitriles is 1. The molecule has 3 rings (SSSR count). The minimum absolute atomic E-state index is 0.0614. The standard InChI is InChI=1S/C14H6Cl2N2O3S/c15-8-1-5(2-9(16)12(8)20)7-4-22-14-10(7)11(19)6(3-17)13(21)18-14/h1-2,4,20H,(H2,18,19,21). The second kappa shape index (κ2) is 5.21. The summed E-state index contributed by atoms with van der Waals surface area (Å²) in [6, 6.07) is 4.65. The van der Waals surface area contributed by atoms with Gasteiger partial charge in [-0.3, -0.25) is 4.79 Å². The number of thiophene rings is 1. The third kappa shape index (κ3) is 2.11. The van der Waals surface area contributed by atoms with E-state index in [1.807, 2.05) is 0 Å². The molecule has 0 spiro atoms. The summed E-state index contributed by atoms with van der Waals surface area (Å²) >= 11 is 13.0. The van der Waals surface area contributed by atoms with Gasteiger partial charge in [0.15, 0.2) is 11.3 Å². The number of fused-ring (bicyclic) bond motifs is 1. The first-order valence-corrected chi connectivity index (χ1v) is 7.52. The normalized spacial score (nSPS) is 10.8. The van der Waals surface area contributed by atoms with E-state index in [1.54, 1.807) is 11.4 Å². The highest BCUT2D eigenvalue weighted by Crippen LogP contribution is 2.42. The van der Waals surface area contributed by atoms with Crippen LogP contribution in [-0.2, 0) is 0 Å². The average Bonchev–Trinajstić information content (AvgIpc) is 2.88. The van der Waals surface area contributed by atoms with Crippen molar-refractivity contribution in [3.63, 3.8) is 0 Å². The molecule has 0 saturated carbocycles. The molecule has 22 heavy (non-hydrogen) atoms. The largest absolute Gasteiger partial charge is 0.506 e. The van der Waals surface area contributed by atoms with Crippen LogP contribution in [0.15, 0.2) is 22.3 Å². The molecule has 0 radical (unpaired) electrons. The maximum atomic E-state index is 11.7. The van der Waals surface area contributed by atoms with Gasteiger partial charge in [0.1, 0.15) is 16.6 Å². The van der Waals surface area contributed by atoms with Gasteiger partial charge in [0, 0.05) is 10.9 Å². The summed E-state index contributed by atoms with van der Waals surface area (Å²) in [6.07, 6.45) is 0. The summed E-state index contributed by atoms with van der Waals surface area (Å²) in [5, 5.41) is 30.9. The van der Waals surface area contributed by atoms with E-state index in [-0.39, 0.29) is 21.4 Å². The molecule has 5 nitrogen and oxygen atoms in total. The molecule has 2 heterocycles. The number of aromatic amines is 1. The Hall–Kier alpha value is -2.20. The summed E-state index contributed by atoms with van der Waals surface area (Å²) in [4.78, 5) is 14.7. The summed E-state index contributed by atoms with van der Waals surface area (Å²) in [7, 11) is 0. The molecule has 0 aliphatic heterocycles. The molecule has 3 aromatic rings. The summed E-state index contributed by atoms with van der Waals surface area (Å²) in [5.41, 5.74) is 0.0881. The number of hydrogen-bond acceptors (Lipinski definition) is 5. The Kier molecular flexibility index (Phi) is 3.49. The fraction of sp³-hybridized carbons (Fsp3) is 0. The second-order valence-corrected chi connectivity index (χ2v) is 6.13. The van der Waals surface area contributed by atoms with E-state index in [1.165, 1.54) is 23.5 Å². The lowest BCUT2D eigenvalue weighted by atomic mass is 10.0. The van der Waals surface area contributed by atoms with Gasteiger partial charge in [0.05, 0.1) is 15.4 Å². The Morgan fingerprint density at radius 3 is 2.41 bits per heavy atom. The number of hydrogen-bond donors (Lipinski definition) is 3. The lowest BCUT2D eigenvalue weighted by Gasteiger charge is -2.06. The van der Waals surface area contributed by atoms with Crippen molar-refractivity contribution in [2.75, 3.05) is 0 Å². The maximum Gasteiger partial charge on any atom is 0.270 e. The first kappa shape index (κ1) is 14.7. The van der Waals surface area contributed by atoms with E-state index >= 15 is 0 Å². The lowest BCUT2D eigenvalue weighted by Crippen LogP contribution is -2.09. The molecule has 0 fully saturated rings. The van der Waals surface area contributed by atoms with Crippen molar-refractivity contribution in [3.8, 4) is 28.7 Å². The van der Waals surface area contributed by atoms with Gasteiger partial charge in [0.2, 0.25) is 0 Å². The number of pyridine rings is 1. The Labute approximate surface area is 137 Å². The molecular weight excluding hydrogens is 347 g/mol. The number of nitrogens with one attached hydrogen (secondary N) is 1. The number of halogens is 2. The number of aromatic nitrogens is 1. The van der Waals surface area contributed by atoms with Crippen LogP contribution in [0.5, 0.6) is 11.5 Å². The molecule has 2 aromatic heterocycles. The highest BCUT2D eigenvalue weighted by atomic mass is 35.5. The van der Waals surface area contributed by atoms with Crippen LogP contribution in [0, 0.1) is 11.3 Å². The molecular formula is C14H6Cl2N2O3S. The molecule has 0 bridgehead atoms. The predicted molar refractivity (Wildman–Crippen MR) is 85.9 cm³/mol. The van der Waals surface area contributed by atoms with Gasteiger partial charge in [-0.2, -0.15) is 5.26 Å². The molecule has 0 saturated heterocycles. The van der Waals surface area contributed by atoms with Crippen molar-refractivity contribution in [1.29, 1.82) is 5.26 Å². The zero-order chi connectivity index (χ0) is 16.0. The summed E-state index contributed by atoms with van der Waals surface area (Å²) < 4.78 is 0. The van der Waals surface area contributed by atoms with E-state index in [0.29, 0.717) is 21.3 Å². The molecule has 8 heteroatoms. The molecule has 110 valence electrons. The SMILES string of the molecule is N#Cc1c(O)c2c(-c3cc(Cl)c(O)c(Cl)c3)csc2[nH]c1=O. The molecule has 0 unspecified atom stereocenters. The summed E-state index contributed by atoms with van der Waals surface area (Å²) in [5.74, 6) is -0.625. The van der Waals surface area contributed by atoms with Crippen LogP contribution in [-0.4, -0.2) is 15.2 Å². The minimum Gasteiger partial charge on any atom is -0.506 e. The Bertz CT molecular complexity index is 994. The maximum absolute atomic E-state index is 11.7. The van der Waals surface area contributed by atoms with Crippen molar-refractivity contribution in [2.24, 2.45) is 0 Å². The first-order chi connectivity index (χ1) is 10.4. The Morgan fingerprint density at radius 1 is 1.18 bits per heavy atom. The molecule has 0 aliphatic rings. The van der Waals surface area contributed by atoms with Crippen LogP contribution in [0.4, 0.5) is 0 Å². The van der Waals surface area contributed by atoms with E-state index in [9.17, 15) is 15.0 Å². The highest BCUT2D eigenvalue weighted by molar-refractivity contribution is 7.17. The van der Waals surface area contributed by atoms with Gasteiger partial charge < -0.3 is 15.2 Å². The van der Waals surface area contributed by atoms with Gasteiger partial charge >= 0.3 is 0 Å². The van der Waals surface area contributed by atoms with Crippen LogP contribution in [0.1, 0.15) is 5.56 Å². The number of benzene rings is 1. The van der Waals surface area contributed by atoms with Crippen LogP contribution < -0.4 is 5.56 Å². The van der Waals surface area contributed by atoms with Crippen molar-refractivity contribution in [2.45, 2.75) is 0 Å². The Balaban J connectivity index is 2.39. The molecule has 0 amide bonds. The van der Waals surface area contributed by atoms with E-state index in [4.69, 9.17) is 28.5 Å². The topological polar surface area (TPSA) is 97.1 Å². The second-order valence-electron chi connectivity index (χ2n) is 4.43. The van der Waals surface area contributed by atoms with Crippen LogP contribution in [0.2, 0.25) is 10.0 Å². The van der Waals surface area contributed by atoms with E-state index in [2.05, 4.69) is 4.98 Å². The molecule has 0 atom stereocenters. The first-order valence-electron chi connectivity index (χ1n) is 5.89. The summed E-state index contributed by atoms with van der Waals surface area (Å²) in [6.45, 7) is 0. The number of nitrogens with zero attached hydrogens (tertiary/aromatic N) is 1. The number of aromatic hydroxyl groups is 2. The van der Waals surface area contributed by atoms with Crippen LogP contribution in [0.3, 0.4) is 0 Å². The zero-order valence-electron chi connectivity index (χ0n) is 10.6.